The molecule has 0 aliphatic carbocycles. The van der Waals surface area contributed by atoms with Gasteiger partial charge >= 0.3 is 5.69 Å². The van der Waals surface area contributed by atoms with Crippen LogP contribution in [0.3, 0.4) is 0 Å². The van der Waals surface area contributed by atoms with Crippen LogP contribution in [0.1, 0.15) is 28.7 Å². The van der Waals surface area contributed by atoms with Crippen molar-refractivity contribution >= 4 is 11.6 Å². The number of aryl methyl sites for hydroxylation is 3. The summed E-state index contributed by atoms with van der Waals surface area (Å²) in [5, 5.41) is 19.1. The molecule has 2 aromatic heterocycles. The number of nitro groups is 1. The minimum Gasteiger partial charge on any atom is -0.336 e. The molecule has 0 unspecified atom stereocenters. The Morgan fingerprint density at radius 2 is 2.18 bits per heavy atom. The van der Waals surface area contributed by atoms with Gasteiger partial charge in [0.25, 0.3) is 5.91 Å². The number of amides is 1. The molecule has 0 aliphatic rings. The number of rotatable bonds is 5. The summed E-state index contributed by atoms with van der Waals surface area (Å²) < 4.78 is 3.01. The fraction of sp³-hybridized carbons (Fsp3) is 0.462. The highest BCUT2D eigenvalue weighted by Gasteiger charge is 2.28. The van der Waals surface area contributed by atoms with E-state index in [1.165, 1.54) is 16.6 Å². The van der Waals surface area contributed by atoms with Crippen LogP contribution in [0.15, 0.2) is 12.4 Å². The molecule has 118 valence electrons. The molecule has 2 aromatic rings. The highest BCUT2D eigenvalue weighted by atomic mass is 16.6. The van der Waals surface area contributed by atoms with Crippen LogP contribution in [0.4, 0.5) is 5.69 Å². The zero-order valence-corrected chi connectivity index (χ0v) is 13.0. The minimum atomic E-state index is -0.603. The molecule has 0 fully saturated rings. The van der Waals surface area contributed by atoms with Gasteiger partial charge in [-0.25, -0.2) is 0 Å². The molecular weight excluding hydrogens is 288 g/mol. The van der Waals surface area contributed by atoms with E-state index in [1.807, 2.05) is 20.0 Å². The maximum atomic E-state index is 12.5. The Hall–Kier alpha value is -2.71. The quantitative estimate of drug-likeness (QED) is 0.609. The fourth-order valence-electron chi connectivity index (χ4n) is 2.19. The van der Waals surface area contributed by atoms with Crippen molar-refractivity contribution in [1.82, 2.24) is 24.5 Å². The van der Waals surface area contributed by atoms with E-state index in [-0.39, 0.29) is 11.4 Å². The van der Waals surface area contributed by atoms with Gasteiger partial charge in [0, 0.05) is 38.9 Å². The molecule has 0 atom stereocenters. The van der Waals surface area contributed by atoms with Crippen molar-refractivity contribution in [1.29, 1.82) is 0 Å². The van der Waals surface area contributed by atoms with Crippen molar-refractivity contribution in [2.45, 2.75) is 26.9 Å². The van der Waals surface area contributed by atoms with Crippen LogP contribution in [-0.2, 0) is 20.1 Å². The van der Waals surface area contributed by atoms with Crippen molar-refractivity contribution in [2.75, 3.05) is 7.05 Å². The molecule has 1 amide bonds. The van der Waals surface area contributed by atoms with Crippen molar-refractivity contribution < 1.29 is 9.72 Å². The van der Waals surface area contributed by atoms with E-state index in [9.17, 15) is 14.9 Å². The third-order valence-electron chi connectivity index (χ3n) is 3.44. The average molecular weight is 306 g/mol. The monoisotopic (exact) mass is 306 g/mol. The van der Waals surface area contributed by atoms with Crippen LogP contribution in [0.5, 0.6) is 0 Å². The molecule has 9 nitrogen and oxygen atoms in total. The molecular formula is C13H18N6O3. The Morgan fingerprint density at radius 1 is 1.50 bits per heavy atom. The van der Waals surface area contributed by atoms with E-state index in [2.05, 4.69) is 10.2 Å². The van der Waals surface area contributed by atoms with Crippen molar-refractivity contribution in [3.8, 4) is 0 Å². The molecule has 9 heteroatoms. The molecule has 0 saturated heterocycles. The number of nitrogens with zero attached hydrogens (tertiary/aromatic N) is 6. The Bertz CT molecular complexity index is 717. The van der Waals surface area contributed by atoms with E-state index in [0.717, 1.165) is 24.0 Å². The van der Waals surface area contributed by atoms with Gasteiger partial charge in [-0.2, -0.15) is 10.2 Å². The number of hydrogen-bond acceptors (Lipinski definition) is 5. The van der Waals surface area contributed by atoms with Crippen LogP contribution in [-0.4, -0.2) is 42.3 Å². The molecule has 0 bridgehead atoms. The molecule has 0 radical (unpaired) electrons. The Morgan fingerprint density at radius 3 is 2.73 bits per heavy atom. The van der Waals surface area contributed by atoms with Gasteiger partial charge < -0.3 is 4.90 Å². The largest absolute Gasteiger partial charge is 0.336 e. The first kappa shape index (κ1) is 15.7. The first-order valence-corrected chi connectivity index (χ1v) is 6.79. The Labute approximate surface area is 127 Å². The third kappa shape index (κ3) is 2.83. The van der Waals surface area contributed by atoms with E-state index in [0.29, 0.717) is 6.54 Å². The maximum Gasteiger partial charge on any atom is 0.320 e. The van der Waals surface area contributed by atoms with Crippen LogP contribution in [0.25, 0.3) is 0 Å². The summed E-state index contributed by atoms with van der Waals surface area (Å²) in [6.07, 6.45) is 2.96. The number of hydrogen-bond donors (Lipinski definition) is 0. The number of aromatic nitrogens is 4. The summed E-state index contributed by atoms with van der Waals surface area (Å²) in [6.45, 7) is 4.91. The van der Waals surface area contributed by atoms with E-state index >= 15 is 0 Å². The second-order valence-corrected chi connectivity index (χ2v) is 5.02. The van der Waals surface area contributed by atoms with Gasteiger partial charge in [-0.3, -0.25) is 24.3 Å². The highest BCUT2D eigenvalue weighted by molar-refractivity contribution is 5.96. The minimum absolute atomic E-state index is 0.0342. The van der Waals surface area contributed by atoms with Gasteiger partial charge in [0.05, 0.1) is 10.6 Å². The van der Waals surface area contributed by atoms with E-state index < -0.39 is 10.8 Å². The lowest BCUT2D eigenvalue weighted by Crippen LogP contribution is -2.28. The third-order valence-corrected chi connectivity index (χ3v) is 3.44. The normalized spacial score (nSPS) is 10.7. The van der Waals surface area contributed by atoms with Gasteiger partial charge in [0.15, 0.2) is 0 Å². The van der Waals surface area contributed by atoms with Crippen molar-refractivity contribution in [3.05, 3.63) is 39.5 Å². The lowest BCUT2D eigenvalue weighted by Gasteiger charge is -2.16. The predicted molar refractivity (Wildman–Crippen MR) is 78.3 cm³/mol. The maximum absolute atomic E-state index is 12.5. The first-order valence-electron chi connectivity index (χ1n) is 6.79. The summed E-state index contributed by atoms with van der Waals surface area (Å²) in [7, 11) is 3.11. The second-order valence-electron chi connectivity index (χ2n) is 5.02. The molecule has 2 rings (SSSR count). The molecule has 22 heavy (non-hydrogen) atoms. The summed E-state index contributed by atoms with van der Waals surface area (Å²) in [4.78, 5) is 24.3. The lowest BCUT2D eigenvalue weighted by molar-refractivity contribution is -0.385. The second kappa shape index (κ2) is 5.96. The zero-order valence-electron chi connectivity index (χ0n) is 13.0. The molecule has 2 heterocycles. The molecule has 0 spiro atoms. The van der Waals surface area contributed by atoms with Gasteiger partial charge in [-0.05, 0) is 13.8 Å². The smallest absolute Gasteiger partial charge is 0.320 e. The summed E-state index contributed by atoms with van der Waals surface area (Å²) in [5.74, 6) is -0.449. The predicted octanol–water partition coefficient (Wildman–Crippen LogP) is 1.13. The topological polar surface area (TPSA) is 99.1 Å². The first-order chi connectivity index (χ1) is 10.3. The van der Waals surface area contributed by atoms with Crippen molar-refractivity contribution in [2.24, 2.45) is 7.05 Å². The van der Waals surface area contributed by atoms with Gasteiger partial charge in [0.1, 0.15) is 6.20 Å². The summed E-state index contributed by atoms with van der Waals surface area (Å²) in [5.41, 5.74) is 1.41. The van der Waals surface area contributed by atoms with Gasteiger partial charge in [-0.15, -0.1) is 0 Å². The van der Waals surface area contributed by atoms with Crippen molar-refractivity contribution in [3.63, 3.8) is 0 Å². The lowest BCUT2D eigenvalue weighted by atomic mass is 10.2. The summed E-state index contributed by atoms with van der Waals surface area (Å²) >= 11 is 0. The zero-order chi connectivity index (χ0) is 16.4. The van der Waals surface area contributed by atoms with E-state index in [1.54, 1.807) is 11.7 Å². The van der Waals surface area contributed by atoms with E-state index in [4.69, 9.17) is 0 Å². The number of carbonyl (C=O) groups is 1. The van der Waals surface area contributed by atoms with Crippen LogP contribution < -0.4 is 0 Å². The molecule has 0 N–H and O–H groups in total. The highest BCUT2D eigenvalue weighted by Crippen LogP contribution is 2.19. The fourth-order valence-corrected chi connectivity index (χ4v) is 2.19. The molecule has 0 aromatic carbocycles. The Balaban J connectivity index is 2.24. The molecule has 0 saturated carbocycles. The SMILES string of the molecule is CCn1cc(CN(C)C(=O)c2c([N+](=O)[O-])cnn2C)c(C)n1. The average Bonchev–Trinajstić information content (AvgIpc) is 3.01. The number of carbonyl (C=O) groups excluding carboxylic acids is 1. The van der Waals surface area contributed by atoms with Crippen LogP contribution in [0, 0.1) is 17.0 Å². The standard InChI is InChI=1S/C13H18N6O3/c1-5-18-8-10(9(2)15-18)7-16(3)13(20)12-11(19(21)22)6-14-17(12)4/h6,8H,5,7H2,1-4H3. The van der Waals surface area contributed by atoms with Crippen LogP contribution >= 0.6 is 0 Å². The van der Waals surface area contributed by atoms with Crippen LogP contribution in [0.2, 0.25) is 0 Å². The summed E-state index contributed by atoms with van der Waals surface area (Å²) in [6, 6.07) is 0. The van der Waals surface area contributed by atoms with Gasteiger partial charge in [-0.1, -0.05) is 0 Å². The molecule has 0 aliphatic heterocycles. The Kier molecular flexibility index (Phi) is 4.25. The van der Waals surface area contributed by atoms with Gasteiger partial charge in [0.2, 0.25) is 5.69 Å².